The molecule has 0 fully saturated rings. The Kier molecular flexibility index (Phi) is 6.06. The highest BCUT2D eigenvalue weighted by atomic mass is 79.9. The fourth-order valence-corrected chi connectivity index (χ4v) is 3.19. The van der Waals surface area contributed by atoms with Crippen LogP contribution in [0.25, 0.3) is 0 Å². The molecule has 0 saturated heterocycles. The van der Waals surface area contributed by atoms with Crippen LogP contribution >= 0.6 is 39.1 Å². The van der Waals surface area contributed by atoms with E-state index in [9.17, 15) is 4.39 Å². The van der Waals surface area contributed by atoms with Crippen molar-refractivity contribution in [3.05, 3.63) is 67.9 Å². The summed E-state index contributed by atoms with van der Waals surface area (Å²) in [6.07, 6.45) is 0.716. The maximum Gasteiger partial charge on any atom is 0.137 e. The summed E-state index contributed by atoms with van der Waals surface area (Å²) in [5, 5.41) is 4.65. The van der Waals surface area contributed by atoms with Crippen molar-refractivity contribution in [2.45, 2.75) is 19.4 Å². The van der Waals surface area contributed by atoms with E-state index in [2.05, 4.69) is 21.2 Å². The minimum atomic E-state index is -0.261. The van der Waals surface area contributed by atoms with E-state index in [1.165, 1.54) is 6.07 Å². The lowest BCUT2D eigenvalue weighted by atomic mass is 9.98. The van der Waals surface area contributed by atoms with Crippen molar-refractivity contribution < 1.29 is 4.39 Å². The van der Waals surface area contributed by atoms with Crippen LogP contribution in [0.5, 0.6) is 0 Å². The lowest BCUT2D eigenvalue weighted by Crippen LogP contribution is -2.23. The van der Waals surface area contributed by atoms with Crippen LogP contribution in [0.2, 0.25) is 10.0 Å². The first-order chi connectivity index (χ1) is 10.0. The van der Waals surface area contributed by atoms with Gasteiger partial charge < -0.3 is 5.32 Å². The second kappa shape index (κ2) is 7.59. The first kappa shape index (κ1) is 16.8. The zero-order valence-corrected chi connectivity index (χ0v) is 14.6. The maximum absolute atomic E-state index is 13.3. The molecule has 2 aromatic carbocycles. The largest absolute Gasteiger partial charge is 0.310 e. The molecule has 0 heterocycles. The van der Waals surface area contributed by atoms with E-state index in [0.717, 1.165) is 17.7 Å². The number of hydrogen-bond donors (Lipinski definition) is 1. The summed E-state index contributed by atoms with van der Waals surface area (Å²) in [5.41, 5.74) is 2.02. The van der Waals surface area contributed by atoms with Crippen LogP contribution in [0.1, 0.15) is 24.1 Å². The van der Waals surface area contributed by atoms with E-state index < -0.39 is 0 Å². The molecule has 2 rings (SSSR count). The van der Waals surface area contributed by atoms with E-state index in [0.29, 0.717) is 20.9 Å². The van der Waals surface area contributed by atoms with Crippen LogP contribution in [0.15, 0.2) is 40.9 Å². The molecular formula is C16H15BrCl2FN. The Hall–Kier alpha value is -0.610. The molecule has 1 nitrogen and oxygen atoms in total. The van der Waals surface area contributed by atoms with Gasteiger partial charge in [0, 0.05) is 16.1 Å². The standard InChI is InChI=1S/C16H15BrCl2FN/c1-2-21-16(12-5-4-11(18)9-14(12)19)8-10-3-6-15(20)13(17)7-10/h3-7,9,16,21H,2,8H2,1H3. The minimum Gasteiger partial charge on any atom is -0.310 e. The summed E-state index contributed by atoms with van der Waals surface area (Å²) in [6, 6.07) is 10.6. The number of benzene rings is 2. The third-order valence-electron chi connectivity index (χ3n) is 3.21. The smallest absolute Gasteiger partial charge is 0.137 e. The Morgan fingerprint density at radius 2 is 1.95 bits per heavy atom. The Balaban J connectivity index is 2.28. The molecule has 0 aromatic heterocycles. The molecule has 2 aromatic rings. The van der Waals surface area contributed by atoms with Crippen LogP contribution in [0, 0.1) is 5.82 Å². The summed E-state index contributed by atoms with van der Waals surface area (Å²) < 4.78 is 13.8. The van der Waals surface area contributed by atoms with Crippen LogP contribution in [0.4, 0.5) is 4.39 Å². The topological polar surface area (TPSA) is 12.0 Å². The van der Waals surface area contributed by atoms with Gasteiger partial charge in [0.05, 0.1) is 4.47 Å². The predicted octanol–water partition coefficient (Wildman–Crippen LogP) is 5.79. The van der Waals surface area contributed by atoms with Crippen LogP contribution in [0.3, 0.4) is 0 Å². The second-order valence-electron chi connectivity index (χ2n) is 4.73. The van der Waals surface area contributed by atoms with Gasteiger partial charge in [-0.1, -0.05) is 42.3 Å². The van der Waals surface area contributed by atoms with Crippen LogP contribution in [-0.4, -0.2) is 6.54 Å². The lowest BCUT2D eigenvalue weighted by molar-refractivity contribution is 0.548. The molecular weight excluding hydrogens is 376 g/mol. The first-order valence-corrected chi connectivity index (χ1v) is 8.18. The molecule has 21 heavy (non-hydrogen) atoms. The van der Waals surface area contributed by atoms with Crippen molar-refractivity contribution in [3.8, 4) is 0 Å². The zero-order valence-electron chi connectivity index (χ0n) is 11.5. The van der Waals surface area contributed by atoms with Gasteiger partial charge in [-0.05, 0) is 64.3 Å². The van der Waals surface area contributed by atoms with Gasteiger partial charge in [0.25, 0.3) is 0 Å². The van der Waals surface area contributed by atoms with E-state index in [1.807, 2.05) is 19.1 Å². The summed E-state index contributed by atoms with van der Waals surface area (Å²) >= 11 is 15.4. The average molecular weight is 391 g/mol. The first-order valence-electron chi connectivity index (χ1n) is 6.63. The molecule has 1 unspecified atom stereocenters. The van der Waals surface area contributed by atoms with Crippen LogP contribution in [-0.2, 0) is 6.42 Å². The van der Waals surface area contributed by atoms with Crippen molar-refractivity contribution >= 4 is 39.1 Å². The van der Waals surface area contributed by atoms with Gasteiger partial charge in [-0.3, -0.25) is 0 Å². The monoisotopic (exact) mass is 389 g/mol. The van der Waals surface area contributed by atoms with Gasteiger partial charge in [-0.2, -0.15) is 0 Å². The highest BCUT2D eigenvalue weighted by Crippen LogP contribution is 2.29. The van der Waals surface area contributed by atoms with Gasteiger partial charge in [-0.15, -0.1) is 0 Å². The Labute approximate surface area is 142 Å². The minimum absolute atomic E-state index is 0.0529. The van der Waals surface area contributed by atoms with Gasteiger partial charge in [0.2, 0.25) is 0 Å². The second-order valence-corrected chi connectivity index (χ2v) is 6.43. The van der Waals surface area contributed by atoms with Crippen molar-refractivity contribution in [1.29, 1.82) is 0 Å². The van der Waals surface area contributed by atoms with Crippen molar-refractivity contribution in [2.75, 3.05) is 6.54 Å². The predicted molar refractivity (Wildman–Crippen MR) is 90.7 cm³/mol. The summed E-state index contributed by atoms with van der Waals surface area (Å²) in [6.45, 7) is 2.85. The molecule has 0 aliphatic heterocycles. The Morgan fingerprint density at radius 1 is 1.19 bits per heavy atom. The number of likely N-dealkylation sites (N-methyl/N-ethyl adjacent to an activating group) is 1. The molecule has 0 aliphatic rings. The highest BCUT2D eigenvalue weighted by Gasteiger charge is 2.15. The molecule has 0 radical (unpaired) electrons. The van der Waals surface area contributed by atoms with Gasteiger partial charge in [0.1, 0.15) is 5.82 Å². The zero-order chi connectivity index (χ0) is 15.4. The van der Waals surface area contributed by atoms with E-state index >= 15 is 0 Å². The molecule has 112 valence electrons. The van der Waals surface area contributed by atoms with Crippen molar-refractivity contribution in [1.82, 2.24) is 5.32 Å². The molecule has 0 spiro atoms. The maximum atomic E-state index is 13.3. The molecule has 0 aliphatic carbocycles. The van der Waals surface area contributed by atoms with Crippen molar-refractivity contribution in [2.24, 2.45) is 0 Å². The molecule has 0 amide bonds. The molecule has 1 atom stereocenters. The Morgan fingerprint density at radius 3 is 2.57 bits per heavy atom. The van der Waals surface area contributed by atoms with Gasteiger partial charge >= 0.3 is 0 Å². The number of rotatable bonds is 5. The third kappa shape index (κ3) is 4.43. The fourth-order valence-electron chi connectivity index (χ4n) is 2.22. The normalized spacial score (nSPS) is 12.4. The SMILES string of the molecule is CCNC(Cc1ccc(F)c(Br)c1)c1ccc(Cl)cc1Cl. The quantitative estimate of drug-likeness (QED) is 0.681. The Bertz CT molecular complexity index is 634. The molecule has 1 N–H and O–H groups in total. The number of nitrogens with one attached hydrogen (secondary N) is 1. The molecule has 0 bridgehead atoms. The van der Waals surface area contributed by atoms with E-state index in [-0.39, 0.29) is 11.9 Å². The van der Waals surface area contributed by atoms with Crippen LogP contribution < -0.4 is 5.32 Å². The van der Waals surface area contributed by atoms with E-state index in [1.54, 1.807) is 18.2 Å². The lowest BCUT2D eigenvalue weighted by Gasteiger charge is -2.20. The molecule has 0 saturated carbocycles. The van der Waals surface area contributed by atoms with Gasteiger partial charge in [0.15, 0.2) is 0 Å². The molecule has 5 heteroatoms. The summed E-state index contributed by atoms with van der Waals surface area (Å²) in [7, 11) is 0. The number of hydrogen-bond acceptors (Lipinski definition) is 1. The summed E-state index contributed by atoms with van der Waals surface area (Å²) in [5.74, 6) is -0.261. The van der Waals surface area contributed by atoms with Crippen molar-refractivity contribution in [3.63, 3.8) is 0 Å². The highest BCUT2D eigenvalue weighted by molar-refractivity contribution is 9.10. The van der Waals surface area contributed by atoms with E-state index in [4.69, 9.17) is 23.2 Å². The van der Waals surface area contributed by atoms with Gasteiger partial charge in [-0.25, -0.2) is 4.39 Å². The third-order valence-corrected chi connectivity index (χ3v) is 4.38. The number of halogens is 4. The summed E-state index contributed by atoms with van der Waals surface area (Å²) in [4.78, 5) is 0. The fraction of sp³-hybridized carbons (Fsp3) is 0.250. The average Bonchev–Trinajstić information content (AvgIpc) is 2.42.